The molecule has 0 atom stereocenters. The molecule has 1 aromatic heterocycles. The summed E-state index contributed by atoms with van der Waals surface area (Å²) in [5.41, 5.74) is 1.26. The summed E-state index contributed by atoms with van der Waals surface area (Å²) in [5.74, 6) is -0.797. The number of rotatable bonds is 4. The zero-order chi connectivity index (χ0) is 14.7. The van der Waals surface area contributed by atoms with Crippen molar-refractivity contribution in [3.8, 4) is 11.4 Å². The van der Waals surface area contributed by atoms with Gasteiger partial charge in [-0.15, -0.1) is 0 Å². The number of benzene rings is 1. The Bertz CT molecular complexity index is 632. The van der Waals surface area contributed by atoms with Crippen LogP contribution in [0.2, 0.25) is 0 Å². The highest BCUT2D eigenvalue weighted by atomic mass is 79.9. The van der Waals surface area contributed by atoms with E-state index in [1.54, 1.807) is 0 Å². The second kappa shape index (κ2) is 6.26. The van der Waals surface area contributed by atoms with E-state index in [4.69, 9.17) is 0 Å². The molecule has 0 saturated carbocycles. The molecule has 0 unspecified atom stereocenters. The van der Waals surface area contributed by atoms with Crippen molar-refractivity contribution in [2.45, 2.75) is 20.3 Å². The van der Waals surface area contributed by atoms with Crippen molar-refractivity contribution in [3.05, 3.63) is 40.0 Å². The fourth-order valence-corrected chi connectivity index (χ4v) is 2.27. The normalized spacial score (nSPS) is 10.7. The summed E-state index contributed by atoms with van der Waals surface area (Å²) in [6.45, 7) is 4.65. The second-order valence-corrected chi connectivity index (χ2v) is 4.97. The number of anilines is 1. The molecule has 0 bridgehead atoms. The first-order chi connectivity index (χ1) is 9.56. The molecule has 0 aliphatic carbocycles. The average molecular weight is 342 g/mol. The number of hydrogen-bond donors (Lipinski definition) is 1. The molecule has 0 spiro atoms. The summed E-state index contributed by atoms with van der Waals surface area (Å²) in [4.78, 5) is 8.70. The zero-order valence-electron chi connectivity index (χ0n) is 11.2. The molecule has 0 saturated heterocycles. The number of halogens is 3. The van der Waals surface area contributed by atoms with Gasteiger partial charge in [-0.1, -0.05) is 6.92 Å². The van der Waals surface area contributed by atoms with Gasteiger partial charge in [0.2, 0.25) is 0 Å². The predicted molar refractivity (Wildman–Crippen MR) is 78.6 cm³/mol. The third-order valence-corrected chi connectivity index (χ3v) is 3.55. The molecule has 0 aliphatic heterocycles. The monoisotopic (exact) mass is 341 g/mol. The van der Waals surface area contributed by atoms with E-state index in [-0.39, 0.29) is 4.47 Å². The second-order valence-electron chi connectivity index (χ2n) is 4.17. The minimum atomic E-state index is -0.932. The van der Waals surface area contributed by atoms with Crippen molar-refractivity contribution < 1.29 is 8.78 Å². The Morgan fingerprint density at radius 1 is 1.20 bits per heavy atom. The molecule has 1 aromatic carbocycles. The van der Waals surface area contributed by atoms with Crippen LogP contribution in [-0.4, -0.2) is 16.5 Å². The van der Waals surface area contributed by atoms with Crippen molar-refractivity contribution in [2.24, 2.45) is 0 Å². The van der Waals surface area contributed by atoms with Crippen molar-refractivity contribution in [2.75, 3.05) is 11.9 Å². The maximum absolute atomic E-state index is 13.6. The molecule has 0 aliphatic rings. The van der Waals surface area contributed by atoms with E-state index in [1.165, 1.54) is 6.07 Å². The topological polar surface area (TPSA) is 37.8 Å². The van der Waals surface area contributed by atoms with Gasteiger partial charge >= 0.3 is 0 Å². The Hall–Kier alpha value is -1.56. The van der Waals surface area contributed by atoms with Crippen LogP contribution < -0.4 is 5.32 Å². The van der Waals surface area contributed by atoms with Gasteiger partial charge in [0, 0.05) is 23.9 Å². The van der Waals surface area contributed by atoms with E-state index in [9.17, 15) is 8.78 Å². The van der Waals surface area contributed by atoms with Gasteiger partial charge in [-0.2, -0.15) is 0 Å². The van der Waals surface area contributed by atoms with Gasteiger partial charge < -0.3 is 5.32 Å². The molecule has 3 nitrogen and oxygen atoms in total. The Labute approximate surface area is 124 Å². The highest BCUT2D eigenvalue weighted by Gasteiger charge is 2.15. The van der Waals surface area contributed by atoms with E-state index >= 15 is 0 Å². The molecule has 0 amide bonds. The number of nitrogens with zero attached hydrogens (tertiary/aromatic N) is 2. The lowest BCUT2D eigenvalue weighted by molar-refractivity contribution is 0.504. The average Bonchev–Trinajstić information content (AvgIpc) is 2.45. The molecule has 2 rings (SSSR count). The number of hydrogen-bond acceptors (Lipinski definition) is 3. The summed E-state index contributed by atoms with van der Waals surface area (Å²) >= 11 is 3.06. The van der Waals surface area contributed by atoms with E-state index in [2.05, 4.69) is 31.2 Å². The SMILES string of the molecule is CCNc1cc(CC)nc(-c2ccc(F)c(F)c2Br)n1. The third-order valence-electron chi connectivity index (χ3n) is 2.78. The van der Waals surface area contributed by atoms with Crippen molar-refractivity contribution in [1.82, 2.24) is 9.97 Å². The fourth-order valence-electron chi connectivity index (χ4n) is 1.77. The molecule has 6 heteroatoms. The molecule has 0 radical (unpaired) electrons. The highest BCUT2D eigenvalue weighted by Crippen LogP contribution is 2.30. The van der Waals surface area contributed by atoms with Crippen LogP contribution in [0.5, 0.6) is 0 Å². The molecule has 1 N–H and O–H groups in total. The predicted octanol–water partition coefficient (Wildman–Crippen LogP) is 4.18. The van der Waals surface area contributed by atoms with Crippen LogP contribution >= 0.6 is 15.9 Å². The first-order valence-corrected chi connectivity index (χ1v) is 7.11. The van der Waals surface area contributed by atoms with E-state index < -0.39 is 11.6 Å². The molecule has 1 heterocycles. The molecule has 0 fully saturated rings. The van der Waals surface area contributed by atoms with Crippen LogP contribution in [0.1, 0.15) is 19.5 Å². The van der Waals surface area contributed by atoms with E-state index in [0.29, 0.717) is 17.2 Å². The Kier molecular flexibility index (Phi) is 4.65. The largest absolute Gasteiger partial charge is 0.370 e. The highest BCUT2D eigenvalue weighted by molar-refractivity contribution is 9.10. The van der Waals surface area contributed by atoms with Gasteiger partial charge in [-0.25, -0.2) is 18.7 Å². The molecule has 20 heavy (non-hydrogen) atoms. The maximum atomic E-state index is 13.6. The maximum Gasteiger partial charge on any atom is 0.173 e. The summed E-state index contributed by atoms with van der Waals surface area (Å²) in [6, 6.07) is 4.39. The van der Waals surface area contributed by atoms with Gasteiger partial charge in [0.1, 0.15) is 5.82 Å². The molecule has 106 valence electrons. The summed E-state index contributed by atoms with van der Waals surface area (Å²) in [5, 5.41) is 3.10. The van der Waals surface area contributed by atoms with Gasteiger partial charge in [-0.05, 0) is 41.4 Å². The van der Waals surface area contributed by atoms with Crippen LogP contribution in [0, 0.1) is 11.6 Å². The molecular formula is C14H14BrF2N3. The van der Waals surface area contributed by atoms with Crippen LogP contribution in [0.15, 0.2) is 22.7 Å². The Morgan fingerprint density at radius 3 is 2.60 bits per heavy atom. The molecule has 2 aromatic rings. The standard InChI is InChI=1S/C14H14BrF2N3/c1-3-8-7-11(18-4-2)20-14(19-8)9-5-6-10(16)13(17)12(9)15/h5-7H,3-4H2,1-2H3,(H,18,19,20). The van der Waals surface area contributed by atoms with Crippen molar-refractivity contribution >= 4 is 21.7 Å². The van der Waals surface area contributed by atoms with Crippen LogP contribution in [0.25, 0.3) is 11.4 Å². The smallest absolute Gasteiger partial charge is 0.173 e. The fraction of sp³-hybridized carbons (Fsp3) is 0.286. The van der Waals surface area contributed by atoms with Crippen LogP contribution in [0.3, 0.4) is 0 Å². The minimum Gasteiger partial charge on any atom is -0.370 e. The molecular weight excluding hydrogens is 328 g/mol. The number of aromatic nitrogens is 2. The van der Waals surface area contributed by atoms with E-state index in [1.807, 2.05) is 19.9 Å². The van der Waals surface area contributed by atoms with Gasteiger partial charge in [0.05, 0.1) is 4.47 Å². The summed E-state index contributed by atoms with van der Waals surface area (Å²) in [6.07, 6.45) is 0.731. The van der Waals surface area contributed by atoms with Gasteiger partial charge in [-0.3, -0.25) is 0 Å². The lowest BCUT2D eigenvalue weighted by Gasteiger charge is -2.10. The summed E-state index contributed by atoms with van der Waals surface area (Å²) < 4.78 is 26.8. The van der Waals surface area contributed by atoms with Crippen LogP contribution in [-0.2, 0) is 6.42 Å². The van der Waals surface area contributed by atoms with Crippen molar-refractivity contribution in [3.63, 3.8) is 0 Å². The first kappa shape index (κ1) is 14.8. The number of nitrogens with one attached hydrogen (secondary N) is 1. The quantitative estimate of drug-likeness (QED) is 0.847. The number of aryl methyl sites for hydroxylation is 1. The zero-order valence-corrected chi connectivity index (χ0v) is 12.8. The van der Waals surface area contributed by atoms with E-state index in [0.717, 1.165) is 24.7 Å². The first-order valence-electron chi connectivity index (χ1n) is 6.32. The summed E-state index contributed by atoms with van der Waals surface area (Å²) in [7, 11) is 0. The van der Waals surface area contributed by atoms with Gasteiger partial charge in [0.15, 0.2) is 17.5 Å². The third kappa shape index (κ3) is 2.95. The Morgan fingerprint density at radius 2 is 1.95 bits per heavy atom. The van der Waals surface area contributed by atoms with Crippen molar-refractivity contribution in [1.29, 1.82) is 0 Å². The lowest BCUT2D eigenvalue weighted by Crippen LogP contribution is -2.04. The Balaban J connectivity index is 2.57. The van der Waals surface area contributed by atoms with Gasteiger partial charge in [0.25, 0.3) is 0 Å². The van der Waals surface area contributed by atoms with Crippen LogP contribution in [0.4, 0.5) is 14.6 Å². The lowest BCUT2D eigenvalue weighted by atomic mass is 10.2. The minimum absolute atomic E-state index is 0.0354.